The Balaban J connectivity index is 2.37. The minimum absolute atomic E-state index is 0.454. The fourth-order valence-electron chi connectivity index (χ4n) is 1.82. The van der Waals surface area contributed by atoms with Gasteiger partial charge < -0.3 is 5.73 Å². The molecule has 0 saturated carbocycles. The van der Waals surface area contributed by atoms with Crippen LogP contribution in [0.25, 0.3) is 11.1 Å². The Kier molecular flexibility index (Phi) is 3.43. The van der Waals surface area contributed by atoms with Crippen LogP contribution in [0.1, 0.15) is 31.7 Å². The van der Waals surface area contributed by atoms with Crippen LogP contribution < -0.4 is 5.73 Å². The van der Waals surface area contributed by atoms with Crippen molar-refractivity contribution in [1.82, 2.24) is 9.97 Å². The van der Waals surface area contributed by atoms with Crippen LogP contribution in [0.5, 0.6) is 0 Å². The Labute approximate surface area is 108 Å². The van der Waals surface area contributed by atoms with Crippen molar-refractivity contribution >= 4 is 0 Å². The van der Waals surface area contributed by atoms with E-state index in [-0.39, 0.29) is 0 Å². The highest BCUT2D eigenvalue weighted by Gasteiger charge is 2.21. The number of hydrogen-bond donors (Lipinski definition) is 1. The number of hydrogen-bond acceptors (Lipinski definition) is 3. The quantitative estimate of drug-likeness (QED) is 0.898. The molecular weight excluding hydrogens is 222 g/mol. The summed E-state index contributed by atoms with van der Waals surface area (Å²) in [6.45, 7) is 6.08. The minimum Gasteiger partial charge on any atom is -0.319 e. The third-order valence-electron chi connectivity index (χ3n) is 3.35. The lowest BCUT2D eigenvalue weighted by Gasteiger charge is -2.20. The van der Waals surface area contributed by atoms with E-state index in [1.165, 1.54) is 11.1 Å². The van der Waals surface area contributed by atoms with Gasteiger partial charge in [-0.25, -0.2) is 9.97 Å². The number of nitrogens with zero attached hydrogens (tertiary/aromatic N) is 2. The molecule has 1 aromatic heterocycles. The van der Waals surface area contributed by atoms with E-state index in [0.717, 1.165) is 12.0 Å². The highest BCUT2D eigenvalue weighted by Crippen LogP contribution is 2.23. The lowest BCUT2D eigenvalue weighted by Crippen LogP contribution is -2.34. The number of aryl methyl sites for hydroxylation is 1. The zero-order valence-corrected chi connectivity index (χ0v) is 11.1. The van der Waals surface area contributed by atoms with Crippen molar-refractivity contribution in [2.24, 2.45) is 5.73 Å². The molecule has 1 aromatic carbocycles. The van der Waals surface area contributed by atoms with E-state index in [2.05, 4.69) is 29.0 Å². The van der Waals surface area contributed by atoms with Gasteiger partial charge in [-0.05, 0) is 31.4 Å². The molecule has 0 radical (unpaired) electrons. The summed E-state index contributed by atoms with van der Waals surface area (Å²) in [5.74, 6) is 0.697. The van der Waals surface area contributed by atoms with E-state index in [1.807, 2.05) is 38.4 Å². The van der Waals surface area contributed by atoms with E-state index in [0.29, 0.717) is 5.82 Å². The summed E-state index contributed by atoms with van der Waals surface area (Å²) in [7, 11) is 0. The van der Waals surface area contributed by atoms with Gasteiger partial charge in [0.2, 0.25) is 0 Å². The summed E-state index contributed by atoms with van der Waals surface area (Å²) in [6.07, 6.45) is 4.52. The molecule has 1 unspecified atom stereocenters. The van der Waals surface area contributed by atoms with Gasteiger partial charge in [0.05, 0.1) is 5.54 Å². The lowest BCUT2D eigenvalue weighted by molar-refractivity contribution is 0.445. The van der Waals surface area contributed by atoms with Crippen molar-refractivity contribution < 1.29 is 0 Å². The zero-order valence-electron chi connectivity index (χ0n) is 11.1. The SMILES string of the molecule is CCC(C)(N)c1ncc(-c2ccccc2C)cn1. The van der Waals surface area contributed by atoms with Crippen molar-refractivity contribution in [3.63, 3.8) is 0 Å². The molecule has 0 amide bonds. The molecule has 0 fully saturated rings. The maximum atomic E-state index is 6.13. The van der Waals surface area contributed by atoms with Crippen molar-refractivity contribution in [2.45, 2.75) is 32.7 Å². The summed E-state index contributed by atoms with van der Waals surface area (Å²) in [5, 5.41) is 0. The van der Waals surface area contributed by atoms with E-state index < -0.39 is 5.54 Å². The topological polar surface area (TPSA) is 51.8 Å². The molecule has 1 atom stereocenters. The Morgan fingerprint density at radius 3 is 2.33 bits per heavy atom. The van der Waals surface area contributed by atoms with Crippen molar-refractivity contribution in [1.29, 1.82) is 0 Å². The largest absolute Gasteiger partial charge is 0.319 e. The number of rotatable bonds is 3. The molecular formula is C15H19N3. The van der Waals surface area contributed by atoms with Gasteiger partial charge in [0, 0.05) is 18.0 Å². The minimum atomic E-state index is -0.454. The molecule has 0 aliphatic heterocycles. The second kappa shape index (κ2) is 4.86. The van der Waals surface area contributed by atoms with Crippen LogP contribution in [0.2, 0.25) is 0 Å². The van der Waals surface area contributed by atoms with Crippen LogP contribution in [0, 0.1) is 6.92 Å². The van der Waals surface area contributed by atoms with Gasteiger partial charge in [0.15, 0.2) is 0 Å². The van der Waals surface area contributed by atoms with E-state index in [9.17, 15) is 0 Å². The molecule has 2 rings (SSSR count). The Morgan fingerprint density at radius 1 is 1.17 bits per heavy atom. The summed E-state index contributed by atoms with van der Waals surface area (Å²) in [4.78, 5) is 8.81. The summed E-state index contributed by atoms with van der Waals surface area (Å²) < 4.78 is 0. The lowest BCUT2D eigenvalue weighted by atomic mass is 9.99. The van der Waals surface area contributed by atoms with Gasteiger partial charge >= 0.3 is 0 Å². The molecule has 0 spiro atoms. The predicted molar refractivity (Wildman–Crippen MR) is 74.0 cm³/mol. The van der Waals surface area contributed by atoms with Crippen LogP contribution in [0.3, 0.4) is 0 Å². The molecule has 1 heterocycles. The highest BCUT2D eigenvalue weighted by molar-refractivity contribution is 5.65. The molecule has 2 aromatic rings. The zero-order chi connectivity index (χ0) is 13.2. The van der Waals surface area contributed by atoms with Crippen LogP contribution in [0.15, 0.2) is 36.7 Å². The fraction of sp³-hybridized carbons (Fsp3) is 0.333. The first kappa shape index (κ1) is 12.7. The molecule has 3 heteroatoms. The third kappa shape index (κ3) is 2.41. The van der Waals surface area contributed by atoms with Crippen LogP contribution in [-0.4, -0.2) is 9.97 Å². The Bertz CT molecular complexity index is 530. The molecule has 3 nitrogen and oxygen atoms in total. The van der Waals surface area contributed by atoms with Crippen LogP contribution >= 0.6 is 0 Å². The highest BCUT2D eigenvalue weighted by atomic mass is 14.9. The maximum absolute atomic E-state index is 6.13. The van der Waals surface area contributed by atoms with Crippen molar-refractivity contribution in [3.05, 3.63) is 48.0 Å². The predicted octanol–water partition coefficient (Wildman–Crippen LogP) is 3.04. The molecule has 2 N–H and O–H groups in total. The van der Waals surface area contributed by atoms with E-state index in [1.54, 1.807) is 0 Å². The molecule has 0 aliphatic carbocycles. The average molecular weight is 241 g/mol. The molecule has 94 valence electrons. The van der Waals surface area contributed by atoms with Crippen LogP contribution in [-0.2, 0) is 5.54 Å². The first-order valence-electron chi connectivity index (χ1n) is 6.22. The van der Waals surface area contributed by atoms with Crippen molar-refractivity contribution in [3.8, 4) is 11.1 Å². The Morgan fingerprint density at radius 2 is 1.78 bits per heavy atom. The summed E-state index contributed by atoms with van der Waals surface area (Å²) in [6, 6.07) is 8.22. The number of aromatic nitrogens is 2. The second-order valence-electron chi connectivity index (χ2n) is 4.88. The third-order valence-corrected chi connectivity index (χ3v) is 3.35. The Hall–Kier alpha value is -1.74. The molecule has 0 bridgehead atoms. The normalized spacial score (nSPS) is 14.2. The molecule has 0 aliphatic rings. The summed E-state index contributed by atoms with van der Waals surface area (Å²) in [5.41, 5.74) is 9.10. The van der Waals surface area contributed by atoms with Gasteiger partial charge in [0.1, 0.15) is 5.82 Å². The van der Waals surface area contributed by atoms with Gasteiger partial charge in [-0.2, -0.15) is 0 Å². The number of nitrogens with two attached hydrogens (primary N) is 1. The smallest absolute Gasteiger partial charge is 0.147 e. The monoisotopic (exact) mass is 241 g/mol. The van der Waals surface area contributed by atoms with Gasteiger partial charge in [-0.1, -0.05) is 31.2 Å². The molecule has 18 heavy (non-hydrogen) atoms. The van der Waals surface area contributed by atoms with E-state index in [4.69, 9.17) is 5.73 Å². The first-order valence-corrected chi connectivity index (χ1v) is 6.22. The maximum Gasteiger partial charge on any atom is 0.147 e. The number of benzene rings is 1. The first-order chi connectivity index (χ1) is 8.54. The van der Waals surface area contributed by atoms with Gasteiger partial charge in [0.25, 0.3) is 0 Å². The standard InChI is InChI=1S/C15H19N3/c1-4-15(3,16)14-17-9-12(10-18-14)13-8-6-5-7-11(13)2/h5-10H,4,16H2,1-3H3. The second-order valence-corrected chi connectivity index (χ2v) is 4.88. The van der Waals surface area contributed by atoms with Crippen molar-refractivity contribution in [2.75, 3.05) is 0 Å². The van der Waals surface area contributed by atoms with Gasteiger partial charge in [-0.15, -0.1) is 0 Å². The fourth-order valence-corrected chi connectivity index (χ4v) is 1.82. The summed E-state index contributed by atoms with van der Waals surface area (Å²) >= 11 is 0. The van der Waals surface area contributed by atoms with Crippen LogP contribution in [0.4, 0.5) is 0 Å². The van der Waals surface area contributed by atoms with Gasteiger partial charge in [-0.3, -0.25) is 0 Å². The average Bonchev–Trinajstić information content (AvgIpc) is 2.39. The van der Waals surface area contributed by atoms with E-state index >= 15 is 0 Å². The molecule has 0 saturated heterocycles.